The number of hydrogen-bond donors (Lipinski definition) is 2. The predicted octanol–water partition coefficient (Wildman–Crippen LogP) is 2.31. The smallest absolute Gasteiger partial charge is 0.191 e. The summed E-state index contributed by atoms with van der Waals surface area (Å²) in [5.74, 6) is 2.50. The van der Waals surface area contributed by atoms with Crippen molar-refractivity contribution in [1.82, 2.24) is 25.4 Å². The molecule has 0 saturated heterocycles. The first-order chi connectivity index (χ1) is 9.63. The molecule has 0 aliphatic rings. The van der Waals surface area contributed by atoms with Crippen molar-refractivity contribution in [3.05, 3.63) is 12.2 Å². The Morgan fingerprint density at radius 1 is 1.33 bits per heavy atom. The van der Waals surface area contributed by atoms with Crippen LogP contribution in [0.4, 0.5) is 0 Å². The van der Waals surface area contributed by atoms with Gasteiger partial charge in [0.05, 0.1) is 0 Å². The molecule has 1 aromatic rings. The molecule has 7 heteroatoms. The quantitative estimate of drug-likeness (QED) is 0.300. The molecular weight excluding hydrogens is 379 g/mol. The lowest BCUT2D eigenvalue weighted by Gasteiger charge is -2.11. The van der Waals surface area contributed by atoms with Gasteiger partial charge in [0.15, 0.2) is 11.8 Å². The van der Waals surface area contributed by atoms with E-state index >= 15 is 0 Å². The zero-order valence-corrected chi connectivity index (χ0v) is 15.9. The van der Waals surface area contributed by atoms with Gasteiger partial charge in [-0.15, -0.1) is 34.2 Å². The van der Waals surface area contributed by atoms with Gasteiger partial charge in [-0.3, -0.25) is 0 Å². The van der Waals surface area contributed by atoms with Crippen LogP contribution in [-0.4, -0.2) is 33.8 Å². The SMILES string of the molecule is CCNC(=NCc1nncn1C)NCCCCC(C)C.I. The highest BCUT2D eigenvalue weighted by Gasteiger charge is 2.01. The van der Waals surface area contributed by atoms with E-state index in [-0.39, 0.29) is 24.0 Å². The molecule has 0 aliphatic heterocycles. The largest absolute Gasteiger partial charge is 0.357 e. The Balaban J connectivity index is 0.00000400. The van der Waals surface area contributed by atoms with E-state index in [0.29, 0.717) is 6.54 Å². The lowest BCUT2D eigenvalue weighted by molar-refractivity contribution is 0.534. The monoisotopic (exact) mass is 408 g/mol. The number of aliphatic imine (C=N–C) groups is 1. The lowest BCUT2D eigenvalue weighted by atomic mass is 10.1. The number of nitrogens with one attached hydrogen (secondary N) is 2. The van der Waals surface area contributed by atoms with E-state index in [1.807, 2.05) is 11.6 Å². The topological polar surface area (TPSA) is 67.1 Å². The van der Waals surface area contributed by atoms with E-state index in [4.69, 9.17) is 0 Å². The molecular formula is C14H29IN6. The second-order valence-corrected chi connectivity index (χ2v) is 5.37. The highest BCUT2D eigenvalue weighted by molar-refractivity contribution is 14.0. The number of hydrogen-bond acceptors (Lipinski definition) is 3. The second kappa shape index (κ2) is 11.8. The van der Waals surface area contributed by atoms with E-state index in [0.717, 1.165) is 30.8 Å². The van der Waals surface area contributed by atoms with E-state index in [1.54, 1.807) is 6.33 Å². The molecule has 6 nitrogen and oxygen atoms in total. The number of halogens is 1. The normalized spacial score (nSPS) is 11.4. The summed E-state index contributed by atoms with van der Waals surface area (Å²) >= 11 is 0. The van der Waals surface area contributed by atoms with Gasteiger partial charge in [-0.2, -0.15) is 0 Å². The van der Waals surface area contributed by atoms with Crippen molar-refractivity contribution in [2.24, 2.45) is 18.0 Å². The van der Waals surface area contributed by atoms with Gasteiger partial charge < -0.3 is 15.2 Å². The summed E-state index contributed by atoms with van der Waals surface area (Å²) in [6.07, 6.45) is 5.41. The summed E-state index contributed by atoms with van der Waals surface area (Å²) in [5, 5.41) is 14.5. The number of aromatic nitrogens is 3. The van der Waals surface area contributed by atoms with Crippen molar-refractivity contribution in [1.29, 1.82) is 0 Å². The highest BCUT2D eigenvalue weighted by atomic mass is 127. The fourth-order valence-electron chi connectivity index (χ4n) is 1.83. The van der Waals surface area contributed by atoms with E-state index in [1.165, 1.54) is 19.3 Å². The van der Waals surface area contributed by atoms with Gasteiger partial charge in [0.25, 0.3) is 0 Å². The molecule has 0 bridgehead atoms. The van der Waals surface area contributed by atoms with Crippen LogP contribution in [0.15, 0.2) is 11.3 Å². The molecule has 0 radical (unpaired) electrons. The zero-order chi connectivity index (χ0) is 14.8. The summed E-state index contributed by atoms with van der Waals surface area (Å²) in [5.41, 5.74) is 0. The Labute approximate surface area is 145 Å². The first-order valence-corrected chi connectivity index (χ1v) is 7.48. The Morgan fingerprint density at radius 3 is 2.67 bits per heavy atom. The van der Waals surface area contributed by atoms with Crippen LogP contribution >= 0.6 is 24.0 Å². The van der Waals surface area contributed by atoms with Crippen LogP contribution in [0.25, 0.3) is 0 Å². The lowest BCUT2D eigenvalue weighted by Crippen LogP contribution is -2.37. The van der Waals surface area contributed by atoms with Crippen molar-refractivity contribution in [2.45, 2.75) is 46.6 Å². The summed E-state index contributed by atoms with van der Waals surface area (Å²) in [7, 11) is 1.93. The fourth-order valence-corrected chi connectivity index (χ4v) is 1.83. The van der Waals surface area contributed by atoms with Crippen LogP contribution < -0.4 is 10.6 Å². The third-order valence-corrected chi connectivity index (χ3v) is 3.03. The van der Waals surface area contributed by atoms with Crippen molar-refractivity contribution in [2.75, 3.05) is 13.1 Å². The van der Waals surface area contributed by atoms with Gasteiger partial charge >= 0.3 is 0 Å². The van der Waals surface area contributed by atoms with Gasteiger partial charge in [0.2, 0.25) is 0 Å². The highest BCUT2D eigenvalue weighted by Crippen LogP contribution is 2.05. The van der Waals surface area contributed by atoms with Crippen molar-refractivity contribution in [3.8, 4) is 0 Å². The molecule has 1 rings (SSSR count). The molecule has 0 amide bonds. The minimum absolute atomic E-state index is 0. The number of unbranched alkanes of at least 4 members (excludes halogenated alkanes) is 1. The van der Waals surface area contributed by atoms with Crippen LogP contribution in [0.1, 0.15) is 45.9 Å². The number of guanidine groups is 1. The predicted molar refractivity (Wildman–Crippen MR) is 97.9 cm³/mol. The second-order valence-electron chi connectivity index (χ2n) is 5.37. The summed E-state index contributed by atoms with van der Waals surface area (Å²) in [6.45, 7) is 8.95. The minimum atomic E-state index is 0. The molecule has 21 heavy (non-hydrogen) atoms. The molecule has 0 aliphatic carbocycles. The van der Waals surface area contributed by atoms with Gasteiger partial charge in [0, 0.05) is 20.1 Å². The van der Waals surface area contributed by atoms with Crippen LogP contribution in [0, 0.1) is 5.92 Å². The molecule has 1 aromatic heterocycles. The molecule has 1 heterocycles. The van der Waals surface area contributed by atoms with Crippen LogP contribution in [0.5, 0.6) is 0 Å². The summed E-state index contributed by atoms with van der Waals surface area (Å²) in [6, 6.07) is 0. The van der Waals surface area contributed by atoms with E-state index in [9.17, 15) is 0 Å². The Morgan fingerprint density at radius 2 is 2.10 bits per heavy atom. The maximum Gasteiger partial charge on any atom is 0.191 e. The number of aryl methyl sites for hydroxylation is 1. The Hall–Kier alpha value is -0.860. The van der Waals surface area contributed by atoms with Crippen molar-refractivity contribution < 1.29 is 0 Å². The Bertz CT molecular complexity index is 402. The van der Waals surface area contributed by atoms with Crippen LogP contribution in [0.3, 0.4) is 0 Å². The molecule has 0 aromatic carbocycles. The first-order valence-electron chi connectivity index (χ1n) is 7.48. The zero-order valence-electron chi connectivity index (χ0n) is 13.6. The third-order valence-electron chi connectivity index (χ3n) is 3.03. The van der Waals surface area contributed by atoms with E-state index < -0.39 is 0 Å². The molecule has 0 spiro atoms. The fraction of sp³-hybridized carbons (Fsp3) is 0.786. The molecule has 0 unspecified atom stereocenters. The van der Waals surface area contributed by atoms with Crippen molar-refractivity contribution >= 4 is 29.9 Å². The summed E-state index contributed by atoms with van der Waals surface area (Å²) < 4.78 is 1.88. The van der Waals surface area contributed by atoms with Gasteiger partial charge in [0.1, 0.15) is 12.9 Å². The molecule has 0 fully saturated rings. The van der Waals surface area contributed by atoms with Gasteiger partial charge in [-0.05, 0) is 19.3 Å². The summed E-state index contributed by atoms with van der Waals surface area (Å²) in [4.78, 5) is 4.52. The molecule has 122 valence electrons. The van der Waals surface area contributed by atoms with Gasteiger partial charge in [-0.1, -0.05) is 26.7 Å². The van der Waals surface area contributed by atoms with Gasteiger partial charge in [-0.25, -0.2) is 4.99 Å². The number of rotatable bonds is 8. The Kier molecular flexibility index (Phi) is 11.3. The standard InChI is InChI=1S/C14H28N6.HI/c1-5-15-14(16-9-7-6-8-12(2)3)17-10-13-19-18-11-20(13)4;/h11-12H,5-10H2,1-4H3,(H2,15,16,17);1H. The molecule has 0 saturated carbocycles. The van der Waals surface area contributed by atoms with Crippen LogP contribution in [-0.2, 0) is 13.6 Å². The van der Waals surface area contributed by atoms with E-state index in [2.05, 4.69) is 46.6 Å². The average molecular weight is 408 g/mol. The molecule has 2 N–H and O–H groups in total. The number of nitrogens with zero attached hydrogens (tertiary/aromatic N) is 4. The molecule has 0 atom stereocenters. The van der Waals surface area contributed by atoms with Crippen molar-refractivity contribution in [3.63, 3.8) is 0 Å². The third kappa shape index (κ3) is 8.90. The average Bonchev–Trinajstić information content (AvgIpc) is 2.80. The maximum atomic E-state index is 4.52. The maximum absolute atomic E-state index is 4.52. The minimum Gasteiger partial charge on any atom is -0.357 e. The first kappa shape index (κ1) is 20.1. The van der Waals surface area contributed by atoms with Crippen LogP contribution in [0.2, 0.25) is 0 Å².